The Hall–Kier alpha value is -2.04. The first-order valence-electron chi connectivity index (χ1n) is 9.56. The van der Waals surface area contributed by atoms with E-state index in [1.165, 1.54) is 35.1 Å². The number of hydrogen-bond donors (Lipinski definition) is 1. The molecule has 2 aromatic rings. The van der Waals surface area contributed by atoms with Gasteiger partial charge in [0, 0.05) is 24.4 Å². The molecule has 0 saturated carbocycles. The second kappa shape index (κ2) is 7.17. The quantitative estimate of drug-likeness (QED) is 0.849. The van der Waals surface area contributed by atoms with Crippen molar-refractivity contribution < 1.29 is 9.53 Å². The summed E-state index contributed by atoms with van der Waals surface area (Å²) in [6, 6.07) is 16.9. The van der Waals surface area contributed by atoms with E-state index in [1.54, 1.807) is 0 Å². The summed E-state index contributed by atoms with van der Waals surface area (Å²) < 4.78 is 5.75. The van der Waals surface area contributed by atoms with Crippen molar-refractivity contribution in [2.45, 2.75) is 18.8 Å². The van der Waals surface area contributed by atoms with Crippen molar-refractivity contribution in [3.05, 3.63) is 59.7 Å². The summed E-state index contributed by atoms with van der Waals surface area (Å²) in [7, 11) is 0. The minimum absolute atomic E-state index is 0. The Balaban J connectivity index is 0.00000180. The third-order valence-corrected chi connectivity index (χ3v) is 6.31. The van der Waals surface area contributed by atoms with Crippen LogP contribution >= 0.6 is 12.4 Å². The fourth-order valence-corrected chi connectivity index (χ4v) is 4.85. The van der Waals surface area contributed by atoms with Gasteiger partial charge in [-0.1, -0.05) is 48.5 Å². The Bertz CT molecular complexity index is 794. The van der Waals surface area contributed by atoms with Crippen LogP contribution in [-0.2, 0) is 4.74 Å². The minimum Gasteiger partial charge on any atom is -0.448 e. The van der Waals surface area contributed by atoms with Crippen LogP contribution in [0.3, 0.4) is 0 Å². The number of carbonyl (C=O) groups is 1. The van der Waals surface area contributed by atoms with E-state index in [2.05, 4.69) is 53.8 Å². The molecule has 1 N–H and O–H groups in total. The molecule has 0 radical (unpaired) electrons. The molecule has 0 bridgehead atoms. The SMILES string of the molecule is Cl.O=C(OCC1c2ccccc2-c2ccccc21)N1CC2(CCNCC2)C1. The van der Waals surface area contributed by atoms with E-state index >= 15 is 0 Å². The van der Waals surface area contributed by atoms with E-state index in [0.717, 1.165) is 26.2 Å². The van der Waals surface area contributed by atoms with Crippen LogP contribution in [0.2, 0.25) is 0 Å². The van der Waals surface area contributed by atoms with Gasteiger partial charge in [-0.05, 0) is 48.2 Å². The third kappa shape index (κ3) is 3.11. The topological polar surface area (TPSA) is 41.6 Å². The highest BCUT2D eigenvalue weighted by Gasteiger charge is 2.46. The Morgan fingerprint density at radius 1 is 1.00 bits per heavy atom. The molecule has 142 valence electrons. The largest absolute Gasteiger partial charge is 0.448 e. The maximum Gasteiger partial charge on any atom is 0.409 e. The van der Waals surface area contributed by atoms with E-state index in [4.69, 9.17) is 4.74 Å². The van der Waals surface area contributed by atoms with Crippen molar-refractivity contribution in [2.24, 2.45) is 5.41 Å². The summed E-state index contributed by atoms with van der Waals surface area (Å²) in [5, 5.41) is 3.40. The predicted molar refractivity (Wildman–Crippen MR) is 108 cm³/mol. The fraction of sp³-hybridized carbons (Fsp3) is 0.409. The predicted octanol–water partition coefficient (Wildman–Crippen LogP) is 4.04. The van der Waals surface area contributed by atoms with Crippen molar-refractivity contribution in [1.82, 2.24) is 10.2 Å². The Kier molecular flexibility index (Phi) is 4.87. The molecule has 0 unspecified atom stereocenters. The van der Waals surface area contributed by atoms with Gasteiger partial charge in [0.1, 0.15) is 6.61 Å². The molecule has 1 amide bonds. The average molecular weight is 385 g/mol. The maximum absolute atomic E-state index is 12.5. The van der Waals surface area contributed by atoms with Crippen LogP contribution in [-0.4, -0.2) is 43.8 Å². The van der Waals surface area contributed by atoms with Crippen molar-refractivity contribution in [1.29, 1.82) is 0 Å². The monoisotopic (exact) mass is 384 g/mol. The first-order valence-corrected chi connectivity index (χ1v) is 9.56. The molecule has 27 heavy (non-hydrogen) atoms. The molecule has 0 atom stereocenters. The summed E-state index contributed by atoms with van der Waals surface area (Å²) in [4.78, 5) is 14.4. The van der Waals surface area contributed by atoms with Gasteiger partial charge < -0.3 is 15.0 Å². The minimum atomic E-state index is -0.156. The van der Waals surface area contributed by atoms with Crippen LogP contribution in [0, 0.1) is 5.41 Å². The zero-order valence-electron chi connectivity index (χ0n) is 15.3. The molecular weight excluding hydrogens is 360 g/mol. The second-order valence-corrected chi connectivity index (χ2v) is 7.91. The summed E-state index contributed by atoms with van der Waals surface area (Å²) in [6.45, 7) is 4.26. The van der Waals surface area contributed by atoms with Gasteiger partial charge in [0.15, 0.2) is 0 Å². The van der Waals surface area contributed by atoms with Gasteiger partial charge in [-0.3, -0.25) is 0 Å². The molecule has 1 spiro atoms. The Labute approximate surface area is 166 Å². The molecule has 2 saturated heterocycles. The lowest BCUT2D eigenvalue weighted by molar-refractivity contribution is -0.0218. The van der Waals surface area contributed by atoms with Crippen molar-refractivity contribution in [3.63, 3.8) is 0 Å². The van der Waals surface area contributed by atoms with Gasteiger partial charge in [-0.15, -0.1) is 12.4 Å². The fourth-order valence-electron chi connectivity index (χ4n) is 4.85. The van der Waals surface area contributed by atoms with Crippen LogP contribution in [0.4, 0.5) is 4.79 Å². The Morgan fingerprint density at radius 3 is 2.15 bits per heavy atom. The number of fused-ring (bicyclic) bond motifs is 3. The summed E-state index contributed by atoms with van der Waals surface area (Å²) >= 11 is 0. The molecule has 2 aromatic carbocycles. The van der Waals surface area contributed by atoms with Crippen LogP contribution in [0.5, 0.6) is 0 Å². The first-order chi connectivity index (χ1) is 12.8. The van der Waals surface area contributed by atoms with Crippen molar-refractivity contribution in [2.75, 3.05) is 32.8 Å². The van der Waals surface area contributed by atoms with Crippen molar-refractivity contribution in [3.8, 4) is 11.1 Å². The Morgan fingerprint density at radius 2 is 1.56 bits per heavy atom. The smallest absolute Gasteiger partial charge is 0.409 e. The third-order valence-electron chi connectivity index (χ3n) is 6.31. The standard InChI is InChI=1S/C22H24N2O2.ClH/c25-21(24-14-22(15-24)9-11-23-12-10-22)26-13-20-18-7-3-1-5-16(18)17-6-2-4-8-19(17)20;/h1-8,20,23H,9-15H2;1H. The molecule has 0 aromatic heterocycles. The maximum atomic E-state index is 12.5. The molecule has 2 fully saturated rings. The molecule has 2 aliphatic heterocycles. The van der Waals surface area contributed by atoms with E-state index in [1.807, 2.05) is 4.90 Å². The highest BCUT2D eigenvalue weighted by atomic mass is 35.5. The van der Waals surface area contributed by atoms with E-state index in [0.29, 0.717) is 12.0 Å². The number of likely N-dealkylation sites (tertiary alicyclic amines) is 1. The van der Waals surface area contributed by atoms with Gasteiger partial charge in [0.2, 0.25) is 0 Å². The van der Waals surface area contributed by atoms with Gasteiger partial charge in [0.05, 0.1) is 0 Å². The van der Waals surface area contributed by atoms with Gasteiger partial charge in [-0.2, -0.15) is 0 Å². The second-order valence-electron chi connectivity index (χ2n) is 7.91. The zero-order valence-corrected chi connectivity index (χ0v) is 16.1. The summed E-state index contributed by atoms with van der Waals surface area (Å²) in [6.07, 6.45) is 2.18. The lowest BCUT2D eigenvalue weighted by Gasteiger charge is -2.51. The van der Waals surface area contributed by atoms with Crippen LogP contribution in [0.25, 0.3) is 11.1 Å². The normalized spacial score (nSPS) is 19.6. The molecule has 2 heterocycles. The molecule has 5 heteroatoms. The van der Waals surface area contributed by atoms with Gasteiger partial charge in [-0.25, -0.2) is 4.79 Å². The number of nitrogens with one attached hydrogen (secondary N) is 1. The van der Waals surface area contributed by atoms with E-state index < -0.39 is 0 Å². The van der Waals surface area contributed by atoms with Crippen LogP contribution in [0.15, 0.2) is 48.5 Å². The molecule has 4 nitrogen and oxygen atoms in total. The molecular formula is C22H25ClN2O2. The van der Waals surface area contributed by atoms with Crippen LogP contribution < -0.4 is 5.32 Å². The molecule has 3 aliphatic rings. The number of carbonyl (C=O) groups excluding carboxylic acids is 1. The number of benzene rings is 2. The van der Waals surface area contributed by atoms with Gasteiger partial charge in [0.25, 0.3) is 0 Å². The lowest BCUT2D eigenvalue weighted by Crippen LogP contribution is -2.61. The number of piperidine rings is 1. The molecule has 5 rings (SSSR count). The van der Waals surface area contributed by atoms with Crippen molar-refractivity contribution >= 4 is 18.5 Å². The number of amides is 1. The van der Waals surface area contributed by atoms with Gasteiger partial charge >= 0.3 is 6.09 Å². The zero-order chi connectivity index (χ0) is 17.6. The number of halogens is 1. The number of nitrogens with zero attached hydrogens (tertiary/aromatic N) is 1. The summed E-state index contributed by atoms with van der Waals surface area (Å²) in [5.41, 5.74) is 5.40. The van der Waals surface area contributed by atoms with E-state index in [-0.39, 0.29) is 24.4 Å². The number of ether oxygens (including phenoxy) is 1. The van der Waals surface area contributed by atoms with E-state index in [9.17, 15) is 4.79 Å². The highest BCUT2D eigenvalue weighted by Crippen LogP contribution is 2.45. The summed E-state index contributed by atoms with van der Waals surface area (Å²) in [5.74, 6) is 0.139. The highest BCUT2D eigenvalue weighted by molar-refractivity contribution is 5.85. The first kappa shape index (κ1) is 18.3. The number of hydrogen-bond acceptors (Lipinski definition) is 3. The average Bonchev–Trinajstić information content (AvgIpc) is 2.99. The molecule has 1 aliphatic carbocycles. The number of rotatable bonds is 2. The lowest BCUT2D eigenvalue weighted by atomic mass is 9.73. The van der Waals surface area contributed by atoms with Crippen LogP contribution in [0.1, 0.15) is 29.9 Å².